The molecule has 2 atom stereocenters. The molecule has 1 saturated heterocycles. The highest BCUT2D eigenvalue weighted by Gasteiger charge is 2.26. The molecule has 0 radical (unpaired) electrons. The van der Waals surface area contributed by atoms with Crippen molar-refractivity contribution in [3.63, 3.8) is 0 Å². The Kier molecular flexibility index (Phi) is 7.69. The van der Waals surface area contributed by atoms with Gasteiger partial charge in [0.1, 0.15) is 0 Å². The molecule has 3 N–H and O–H groups in total. The molecule has 6 heteroatoms. The van der Waals surface area contributed by atoms with E-state index in [4.69, 9.17) is 10.5 Å². The summed E-state index contributed by atoms with van der Waals surface area (Å²) in [6.45, 7) is 9.96. The third-order valence-corrected chi connectivity index (χ3v) is 5.59. The predicted octanol–water partition coefficient (Wildman–Crippen LogP) is 3.99. The summed E-state index contributed by atoms with van der Waals surface area (Å²) in [6.07, 6.45) is 1.98. The van der Waals surface area contributed by atoms with E-state index in [0.29, 0.717) is 31.2 Å². The molecule has 31 heavy (non-hydrogen) atoms. The molecule has 0 bridgehead atoms. The predicted molar refractivity (Wildman–Crippen MR) is 127 cm³/mol. The third-order valence-electron chi connectivity index (χ3n) is 5.59. The molecular formula is C25H34N4O2. The van der Waals surface area contributed by atoms with Gasteiger partial charge in [-0.25, -0.2) is 4.99 Å². The molecule has 0 saturated carbocycles. The first-order valence-corrected chi connectivity index (χ1v) is 11.1. The number of nitrogens with zero attached hydrogens (tertiary/aromatic N) is 2. The SMILES string of the molecule is CCc1cccc(CC)c1NC(N)=NCc1ccc(C(=O)N2CC(C)OC(C)C2)cc1. The number of carbonyl (C=O) groups excluding carboxylic acids is 1. The number of aryl methyl sites for hydroxylation is 2. The minimum atomic E-state index is 0.0431. The molecule has 0 spiro atoms. The Morgan fingerprint density at radius 2 is 1.65 bits per heavy atom. The molecule has 0 aliphatic carbocycles. The summed E-state index contributed by atoms with van der Waals surface area (Å²) in [5.74, 6) is 0.438. The molecule has 166 valence electrons. The van der Waals surface area contributed by atoms with Gasteiger partial charge in [-0.2, -0.15) is 0 Å². The lowest BCUT2D eigenvalue weighted by Gasteiger charge is -2.35. The first-order chi connectivity index (χ1) is 14.9. The van der Waals surface area contributed by atoms with Crippen LogP contribution < -0.4 is 11.1 Å². The van der Waals surface area contributed by atoms with Crippen LogP contribution >= 0.6 is 0 Å². The van der Waals surface area contributed by atoms with Crippen LogP contribution in [0.3, 0.4) is 0 Å². The van der Waals surface area contributed by atoms with Crippen molar-refractivity contribution in [3.8, 4) is 0 Å². The molecular weight excluding hydrogens is 388 g/mol. The van der Waals surface area contributed by atoms with Crippen LogP contribution in [-0.4, -0.2) is 42.1 Å². The second-order valence-corrected chi connectivity index (χ2v) is 8.15. The maximum atomic E-state index is 12.8. The van der Waals surface area contributed by atoms with Crippen LogP contribution in [0.4, 0.5) is 5.69 Å². The van der Waals surface area contributed by atoms with Gasteiger partial charge in [0.2, 0.25) is 0 Å². The number of nitrogens with two attached hydrogens (primary N) is 1. The van der Waals surface area contributed by atoms with E-state index in [-0.39, 0.29) is 18.1 Å². The summed E-state index contributed by atoms with van der Waals surface area (Å²) >= 11 is 0. The van der Waals surface area contributed by atoms with Gasteiger partial charge in [-0.3, -0.25) is 4.79 Å². The third kappa shape index (κ3) is 5.85. The van der Waals surface area contributed by atoms with Crippen LogP contribution in [0.1, 0.15) is 54.7 Å². The molecule has 1 aliphatic rings. The zero-order valence-corrected chi connectivity index (χ0v) is 19.0. The number of aliphatic imine (C=N–C) groups is 1. The molecule has 1 aliphatic heterocycles. The molecule has 1 fully saturated rings. The van der Waals surface area contributed by atoms with Gasteiger partial charge < -0.3 is 20.7 Å². The lowest BCUT2D eigenvalue weighted by molar-refractivity contribution is -0.0586. The average molecular weight is 423 g/mol. The number of ether oxygens (including phenoxy) is 1. The minimum Gasteiger partial charge on any atom is -0.372 e. The van der Waals surface area contributed by atoms with E-state index in [1.165, 1.54) is 11.1 Å². The second-order valence-electron chi connectivity index (χ2n) is 8.15. The smallest absolute Gasteiger partial charge is 0.254 e. The lowest BCUT2D eigenvalue weighted by atomic mass is 10.0. The molecule has 3 rings (SSSR count). The first-order valence-electron chi connectivity index (χ1n) is 11.1. The summed E-state index contributed by atoms with van der Waals surface area (Å²) in [7, 11) is 0. The molecule has 1 amide bonds. The fourth-order valence-corrected chi connectivity index (χ4v) is 4.03. The highest BCUT2D eigenvalue weighted by atomic mass is 16.5. The Balaban J connectivity index is 1.64. The van der Waals surface area contributed by atoms with Crippen LogP contribution in [-0.2, 0) is 24.1 Å². The Labute approximate surface area is 185 Å². The number of anilines is 1. The minimum absolute atomic E-state index is 0.0431. The van der Waals surface area contributed by atoms with Crippen LogP contribution in [0, 0.1) is 0 Å². The standard InChI is InChI=1S/C25H34N4O2/c1-5-20-8-7-9-21(6-2)23(20)28-25(26)27-14-19-10-12-22(13-11-19)24(30)29-15-17(3)31-18(4)16-29/h7-13,17-18H,5-6,14-16H2,1-4H3,(H3,26,27,28). The number of rotatable bonds is 6. The van der Waals surface area contributed by atoms with Gasteiger partial charge in [0.15, 0.2) is 5.96 Å². The number of guanidine groups is 1. The monoisotopic (exact) mass is 422 g/mol. The van der Waals surface area contributed by atoms with Crippen molar-refractivity contribution in [2.75, 3.05) is 18.4 Å². The summed E-state index contributed by atoms with van der Waals surface area (Å²) in [5, 5.41) is 3.29. The zero-order valence-electron chi connectivity index (χ0n) is 19.0. The number of benzene rings is 2. The maximum absolute atomic E-state index is 12.8. The molecule has 2 aromatic carbocycles. The molecule has 2 aromatic rings. The van der Waals surface area contributed by atoms with E-state index < -0.39 is 0 Å². The second kappa shape index (κ2) is 10.4. The topological polar surface area (TPSA) is 79.9 Å². The Morgan fingerprint density at radius 1 is 1.06 bits per heavy atom. The van der Waals surface area contributed by atoms with Gasteiger partial charge in [-0.15, -0.1) is 0 Å². The van der Waals surface area contributed by atoms with Crippen molar-refractivity contribution >= 4 is 17.6 Å². The maximum Gasteiger partial charge on any atom is 0.254 e. The fourth-order valence-electron chi connectivity index (χ4n) is 4.03. The Bertz CT molecular complexity index is 891. The van der Waals surface area contributed by atoms with Crippen LogP contribution in [0.2, 0.25) is 0 Å². The van der Waals surface area contributed by atoms with E-state index in [1.807, 2.05) is 43.0 Å². The summed E-state index contributed by atoms with van der Waals surface area (Å²) in [5.41, 5.74) is 11.4. The summed E-state index contributed by atoms with van der Waals surface area (Å²) in [6, 6.07) is 13.9. The van der Waals surface area contributed by atoms with E-state index >= 15 is 0 Å². The quantitative estimate of drug-likeness (QED) is 0.545. The van der Waals surface area contributed by atoms with Crippen molar-refractivity contribution in [2.24, 2.45) is 10.7 Å². The van der Waals surface area contributed by atoms with Crippen molar-refractivity contribution < 1.29 is 9.53 Å². The Morgan fingerprint density at radius 3 is 2.19 bits per heavy atom. The van der Waals surface area contributed by atoms with Crippen molar-refractivity contribution in [1.82, 2.24) is 4.90 Å². The van der Waals surface area contributed by atoms with Gasteiger partial charge in [0.05, 0.1) is 18.8 Å². The molecule has 2 unspecified atom stereocenters. The van der Waals surface area contributed by atoms with E-state index in [1.54, 1.807) is 0 Å². The number of amides is 1. The summed E-state index contributed by atoms with van der Waals surface area (Å²) < 4.78 is 5.72. The van der Waals surface area contributed by atoms with Crippen LogP contribution in [0.5, 0.6) is 0 Å². The van der Waals surface area contributed by atoms with Crippen LogP contribution in [0.15, 0.2) is 47.5 Å². The normalized spacial score (nSPS) is 19.4. The summed E-state index contributed by atoms with van der Waals surface area (Å²) in [4.78, 5) is 19.2. The number of morpholine rings is 1. The molecule has 1 heterocycles. The molecule has 0 aromatic heterocycles. The van der Waals surface area contributed by atoms with Gasteiger partial charge in [-0.1, -0.05) is 44.2 Å². The first kappa shape index (κ1) is 22.8. The van der Waals surface area contributed by atoms with Gasteiger partial charge >= 0.3 is 0 Å². The highest BCUT2D eigenvalue weighted by molar-refractivity contribution is 5.95. The number of hydrogen-bond donors (Lipinski definition) is 2. The van der Waals surface area contributed by atoms with Gasteiger partial charge in [0, 0.05) is 24.3 Å². The Hall–Kier alpha value is -2.86. The fraction of sp³-hybridized carbons (Fsp3) is 0.440. The number of carbonyl (C=O) groups is 1. The highest BCUT2D eigenvalue weighted by Crippen LogP contribution is 2.22. The van der Waals surface area contributed by atoms with Crippen molar-refractivity contribution in [2.45, 2.75) is 59.3 Å². The van der Waals surface area contributed by atoms with E-state index in [2.05, 4.69) is 42.4 Å². The van der Waals surface area contributed by atoms with E-state index in [9.17, 15) is 4.79 Å². The lowest BCUT2D eigenvalue weighted by Crippen LogP contribution is -2.48. The van der Waals surface area contributed by atoms with Crippen molar-refractivity contribution in [3.05, 3.63) is 64.7 Å². The average Bonchev–Trinajstić information content (AvgIpc) is 2.77. The van der Waals surface area contributed by atoms with Gasteiger partial charge in [0.25, 0.3) is 5.91 Å². The number of hydrogen-bond acceptors (Lipinski definition) is 3. The van der Waals surface area contributed by atoms with E-state index in [0.717, 1.165) is 24.1 Å². The number of nitrogens with one attached hydrogen (secondary N) is 1. The largest absolute Gasteiger partial charge is 0.372 e. The zero-order chi connectivity index (χ0) is 22.4. The molecule has 6 nitrogen and oxygen atoms in total. The number of para-hydroxylation sites is 1. The van der Waals surface area contributed by atoms with Crippen LogP contribution in [0.25, 0.3) is 0 Å². The van der Waals surface area contributed by atoms with Gasteiger partial charge in [-0.05, 0) is 55.5 Å². The van der Waals surface area contributed by atoms with Crippen molar-refractivity contribution in [1.29, 1.82) is 0 Å².